The SMILES string of the molecule is Cc1n[nH]nc1-c1ccc(-n2c(=O)c3c(n4ncc(CC(C)C)c24)CN(C(=O)c2ccc(Cl)c(C(F)(F)F)c2)[C@@H](C)C3)cc1. The van der Waals surface area contributed by atoms with Crippen LogP contribution in [0, 0.1) is 12.8 Å². The number of nitrogens with one attached hydrogen (secondary N) is 1. The van der Waals surface area contributed by atoms with Crippen molar-refractivity contribution in [1.82, 2.24) is 34.5 Å². The Kier molecular flexibility index (Phi) is 7.35. The molecule has 5 aromatic rings. The van der Waals surface area contributed by atoms with Crippen molar-refractivity contribution in [3.63, 3.8) is 0 Å². The standard InChI is InChI=1S/C31H29ClF3N7O2/c1-16(2)11-21-14-36-42-26-15-40(29(43)20-7-10-25(32)24(13-20)31(33,34)35)17(3)12-23(26)30(44)41(28(21)42)22-8-5-19(6-9-22)27-18(4)37-39-38-27/h5-10,13-14,16-17H,11-12,15H2,1-4H3,(H,37,38,39)/t17-/m0/s1. The van der Waals surface area contributed by atoms with Crippen LogP contribution in [-0.4, -0.2) is 46.4 Å². The van der Waals surface area contributed by atoms with Crippen LogP contribution in [0.15, 0.2) is 53.5 Å². The van der Waals surface area contributed by atoms with E-state index in [4.69, 9.17) is 11.6 Å². The third-order valence-corrected chi connectivity index (χ3v) is 8.30. The number of hydrogen-bond acceptors (Lipinski definition) is 5. The Morgan fingerprint density at radius 2 is 1.86 bits per heavy atom. The number of rotatable bonds is 5. The molecule has 0 saturated carbocycles. The molecule has 0 unspecified atom stereocenters. The Morgan fingerprint density at radius 1 is 1.14 bits per heavy atom. The molecule has 4 heterocycles. The van der Waals surface area contributed by atoms with Gasteiger partial charge in [-0.05, 0) is 62.9 Å². The Bertz CT molecular complexity index is 1960. The van der Waals surface area contributed by atoms with Crippen molar-refractivity contribution in [2.75, 3.05) is 0 Å². The maximum atomic E-state index is 14.3. The average Bonchev–Trinajstić information content (AvgIpc) is 3.58. The first kappa shape index (κ1) is 29.6. The van der Waals surface area contributed by atoms with Gasteiger partial charge in [-0.15, -0.1) is 0 Å². The fourth-order valence-corrected chi connectivity index (χ4v) is 6.07. The first-order valence-corrected chi connectivity index (χ1v) is 14.5. The molecular formula is C31H29ClF3N7O2. The molecular weight excluding hydrogens is 595 g/mol. The number of aryl methyl sites for hydroxylation is 1. The molecule has 1 amide bonds. The molecule has 0 saturated heterocycles. The van der Waals surface area contributed by atoms with E-state index in [1.807, 2.05) is 31.2 Å². The van der Waals surface area contributed by atoms with E-state index < -0.39 is 28.7 Å². The van der Waals surface area contributed by atoms with Crippen molar-refractivity contribution < 1.29 is 18.0 Å². The molecule has 2 aromatic carbocycles. The number of aromatic nitrogens is 6. The lowest BCUT2D eigenvalue weighted by molar-refractivity contribution is -0.137. The van der Waals surface area contributed by atoms with E-state index in [-0.39, 0.29) is 30.0 Å². The predicted octanol–water partition coefficient (Wildman–Crippen LogP) is 6.04. The summed E-state index contributed by atoms with van der Waals surface area (Å²) in [7, 11) is 0. The lowest BCUT2D eigenvalue weighted by atomic mass is 9.97. The second kappa shape index (κ2) is 10.9. The average molecular weight is 624 g/mol. The van der Waals surface area contributed by atoms with Crippen LogP contribution >= 0.6 is 11.6 Å². The molecule has 228 valence electrons. The van der Waals surface area contributed by atoms with Gasteiger partial charge < -0.3 is 4.90 Å². The summed E-state index contributed by atoms with van der Waals surface area (Å²) in [4.78, 5) is 29.4. The van der Waals surface area contributed by atoms with Gasteiger partial charge in [-0.2, -0.15) is 33.7 Å². The number of aromatic amines is 1. The first-order chi connectivity index (χ1) is 20.8. The molecule has 0 spiro atoms. The third-order valence-electron chi connectivity index (χ3n) is 7.97. The first-order valence-electron chi connectivity index (χ1n) is 14.1. The highest BCUT2D eigenvalue weighted by Crippen LogP contribution is 2.36. The highest BCUT2D eigenvalue weighted by atomic mass is 35.5. The summed E-state index contributed by atoms with van der Waals surface area (Å²) in [6.45, 7) is 7.77. The summed E-state index contributed by atoms with van der Waals surface area (Å²) in [5, 5.41) is 15.1. The smallest absolute Gasteiger partial charge is 0.330 e. The number of carbonyl (C=O) groups is 1. The van der Waals surface area contributed by atoms with E-state index in [0.717, 1.165) is 29.0 Å². The fourth-order valence-electron chi connectivity index (χ4n) is 5.85. The van der Waals surface area contributed by atoms with Crippen LogP contribution in [0.3, 0.4) is 0 Å². The van der Waals surface area contributed by atoms with Gasteiger partial charge in [0.1, 0.15) is 11.3 Å². The monoisotopic (exact) mass is 623 g/mol. The van der Waals surface area contributed by atoms with Crippen molar-refractivity contribution in [3.05, 3.63) is 97.7 Å². The zero-order valence-electron chi connectivity index (χ0n) is 24.4. The quantitative estimate of drug-likeness (QED) is 0.257. The van der Waals surface area contributed by atoms with Gasteiger partial charge >= 0.3 is 6.18 Å². The van der Waals surface area contributed by atoms with Crippen molar-refractivity contribution in [2.24, 2.45) is 5.92 Å². The van der Waals surface area contributed by atoms with Gasteiger partial charge in [0.25, 0.3) is 11.5 Å². The number of carbonyl (C=O) groups excluding carboxylic acids is 1. The number of alkyl halides is 3. The Balaban J connectivity index is 1.46. The second-order valence-electron chi connectivity index (χ2n) is 11.6. The molecule has 44 heavy (non-hydrogen) atoms. The minimum Gasteiger partial charge on any atom is -0.330 e. The molecule has 3 aromatic heterocycles. The van der Waals surface area contributed by atoms with Gasteiger partial charge in [0.2, 0.25) is 0 Å². The van der Waals surface area contributed by atoms with E-state index in [2.05, 4.69) is 34.4 Å². The van der Waals surface area contributed by atoms with Gasteiger partial charge in [-0.25, -0.2) is 4.52 Å². The molecule has 0 fully saturated rings. The number of H-pyrrole nitrogens is 1. The van der Waals surface area contributed by atoms with Crippen molar-refractivity contribution in [3.8, 4) is 16.9 Å². The van der Waals surface area contributed by atoms with Crippen LogP contribution in [0.4, 0.5) is 13.2 Å². The number of halogens is 4. The van der Waals surface area contributed by atoms with Crippen LogP contribution in [0.1, 0.15) is 59.2 Å². The topological polar surface area (TPSA) is 101 Å². The van der Waals surface area contributed by atoms with Gasteiger partial charge in [-0.3, -0.25) is 14.2 Å². The Labute approximate surface area is 255 Å². The lowest BCUT2D eigenvalue weighted by Gasteiger charge is -2.35. The van der Waals surface area contributed by atoms with Gasteiger partial charge in [0.15, 0.2) is 0 Å². The minimum atomic E-state index is -4.71. The second-order valence-corrected chi connectivity index (χ2v) is 12.0. The summed E-state index contributed by atoms with van der Waals surface area (Å²) in [5.41, 5.74) is 3.99. The normalized spacial score (nSPS) is 15.3. The highest BCUT2D eigenvalue weighted by Gasteiger charge is 2.36. The van der Waals surface area contributed by atoms with E-state index in [0.29, 0.717) is 34.7 Å². The van der Waals surface area contributed by atoms with E-state index in [9.17, 15) is 22.8 Å². The molecule has 1 aliphatic heterocycles. The zero-order valence-corrected chi connectivity index (χ0v) is 25.2. The summed E-state index contributed by atoms with van der Waals surface area (Å²) in [6.07, 6.45) is -2.12. The Morgan fingerprint density at radius 3 is 2.50 bits per heavy atom. The van der Waals surface area contributed by atoms with Crippen LogP contribution in [0.2, 0.25) is 5.02 Å². The number of hydrogen-bond donors (Lipinski definition) is 1. The summed E-state index contributed by atoms with van der Waals surface area (Å²) in [5.74, 6) is -0.318. The Hall–Kier alpha value is -4.45. The number of nitrogens with zero attached hydrogens (tertiary/aromatic N) is 6. The maximum absolute atomic E-state index is 14.3. The fraction of sp³-hybridized carbons (Fsp3) is 0.323. The summed E-state index contributed by atoms with van der Waals surface area (Å²) >= 11 is 5.79. The van der Waals surface area contributed by atoms with Gasteiger partial charge in [-0.1, -0.05) is 37.6 Å². The molecule has 1 N–H and O–H groups in total. The minimum absolute atomic E-state index is 0.000930. The van der Waals surface area contributed by atoms with E-state index in [1.54, 1.807) is 22.2 Å². The molecule has 1 aliphatic rings. The van der Waals surface area contributed by atoms with Gasteiger partial charge in [0, 0.05) is 28.3 Å². The molecule has 0 aliphatic carbocycles. The molecule has 9 nitrogen and oxygen atoms in total. The summed E-state index contributed by atoms with van der Waals surface area (Å²) < 4.78 is 44.0. The number of benzene rings is 2. The number of amides is 1. The van der Waals surface area contributed by atoms with Crippen molar-refractivity contribution in [2.45, 2.75) is 59.3 Å². The van der Waals surface area contributed by atoms with E-state index >= 15 is 0 Å². The highest BCUT2D eigenvalue weighted by molar-refractivity contribution is 6.31. The molecule has 1 atom stereocenters. The molecule has 0 radical (unpaired) electrons. The number of fused-ring (bicyclic) bond motifs is 3. The predicted molar refractivity (Wildman–Crippen MR) is 159 cm³/mol. The maximum Gasteiger partial charge on any atom is 0.417 e. The zero-order chi connectivity index (χ0) is 31.5. The molecule has 13 heteroatoms. The van der Waals surface area contributed by atoms with Crippen molar-refractivity contribution >= 4 is 23.2 Å². The molecule has 6 rings (SSSR count). The summed E-state index contributed by atoms with van der Waals surface area (Å²) in [6, 6.07) is 10.1. The van der Waals surface area contributed by atoms with Crippen molar-refractivity contribution in [1.29, 1.82) is 0 Å². The van der Waals surface area contributed by atoms with Crippen LogP contribution in [-0.2, 0) is 25.6 Å². The molecule has 0 bridgehead atoms. The van der Waals surface area contributed by atoms with Crippen LogP contribution in [0.5, 0.6) is 0 Å². The third kappa shape index (κ3) is 5.06. The van der Waals surface area contributed by atoms with E-state index in [1.165, 1.54) is 11.0 Å². The van der Waals surface area contributed by atoms with Crippen LogP contribution < -0.4 is 5.56 Å². The van der Waals surface area contributed by atoms with Crippen LogP contribution in [0.25, 0.3) is 22.6 Å². The van der Waals surface area contributed by atoms with Gasteiger partial charge in [0.05, 0.1) is 40.4 Å². The largest absolute Gasteiger partial charge is 0.417 e. The lowest BCUT2D eigenvalue weighted by Crippen LogP contribution is -2.46.